The van der Waals surface area contributed by atoms with Crippen molar-refractivity contribution in [3.8, 4) is 5.75 Å². The van der Waals surface area contributed by atoms with Crippen LogP contribution >= 0.6 is 15.9 Å². The van der Waals surface area contributed by atoms with Crippen LogP contribution in [-0.4, -0.2) is 26.5 Å². The summed E-state index contributed by atoms with van der Waals surface area (Å²) in [6.45, 7) is 6.28. The molecule has 0 saturated heterocycles. The monoisotopic (exact) mass is 558 g/mol. The number of ether oxygens (including phenoxy) is 1. The summed E-state index contributed by atoms with van der Waals surface area (Å²) in [5, 5.41) is 23.3. The summed E-state index contributed by atoms with van der Waals surface area (Å²) in [6.07, 6.45) is 0. The van der Waals surface area contributed by atoms with Crippen molar-refractivity contribution in [2.24, 2.45) is 0 Å². The van der Waals surface area contributed by atoms with E-state index in [1.807, 2.05) is 30.3 Å². The average molecular weight is 560 g/mol. The molecule has 0 aliphatic rings. The van der Waals surface area contributed by atoms with E-state index in [0.29, 0.717) is 0 Å². The second-order valence-corrected chi connectivity index (χ2v) is 9.85. The van der Waals surface area contributed by atoms with Crippen LogP contribution < -0.4 is 4.74 Å². The van der Waals surface area contributed by atoms with Gasteiger partial charge < -0.3 is 24.1 Å². The molecule has 0 fully saturated rings. The Labute approximate surface area is 224 Å². The number of rotatable bonds is 5. The zero-order valence-corrected chi connectivity index (χ0v) is 22.9. The molecule has 37 heavy (non-hydrogen) atoms. The molecule has 6 rings (SSSR count). The van der Waals surface area contributed by atoms with Crippen LogP contribution in [0.25, 0.3) is 43.6 Å². The molecule has 2 heterocycles. The van der Waals surface area contributed by atoms with Gasteiger partial charge in [0.15, 0.2) is 0 Å². The number of aliphatic hydroxyl groups excluding tert-OH is 2. The highest BCUT2D eigenvalue weighted by Gasteiger charge is 2.14. The first kappa shape index (κ1) is 25.3. The summed E-state index contributed by atoms with van der Waals surface area (Å²) >= 11 is 3.63. The largest absolute Gasteiger partial charge is 0.496 e. The lowest BCUT2D eigenvalue weighted by molar-refractivity contribution is 0.282. The highest BCUT2D eigenvalue weighted by Crippen LogP contribution is 2.36. The molecule has 0 saturated carbocycles. The van der Waals surface area contributed by atoms with Gasteiger partial charge in [-0.2, -0.15) is 0 Å². The van der Waals surface area contributed by atoms with Crippen LogP contribution in [0.3, 0.4) is 0 Å². The number of hydrogen-bond acceptors (Lipinski definition) is 3. The summed E-state index contributed by atoms with van der Waals surface area (Å²) in [4.78, 5) is 0. The van der Waals surface area contributed by atoms with E-state index in [9.17, 15) is 10.2 Å². The SMILES string of the molecule is CCn1c2ccc(CO)cc2c2c(Br)cccc21.CCn1c2ccc(CO)cc2c2c(OC)cccc21. The van der Waals surface area contributed by atoms with Crippen molar-refractivity contribution in [2.75, 3.05) is 7.11 Å². The van der Waals surface area contributed by atoms with E-state index in [4.69, 9.17) is 4.74 Å². The summed E-state index contributed by atoms with van der Waals surface area (Å²) in [7, 11) is 1.69. The number of nitrogens with zero attached hydrogens (tertiary/aromatic N) is 2. The molecule has 0 spiro atoms. The predicted molar refractivity (Wildman–Crippen MR) is 156 cm³/mol. The molecule has 0 atom stereocenters. The number of aromatic nitrogens is 2. The Morgan fingerprint density at radius 3 is 1.70 bits per heavy atom. The van der Waals surface area contributed by atoms with Crippen LogP contribution in [0.5, 0.6) is 5.75 Å². The third kappa shape index (κ3) is 4.29. The molecule has 190 valence electrons. The maximum absolute atomic E-state index is 9.32. The molecule has 2 aromatic heterocycles. The minimum Gasteiger partial charge on any atom is -0.496 e. The number of hydrogen-bond donors (Lipinski definition) is 2. The van der Waals surface area contributed by atoms with E-state index in [1.54, 1.807) is 7.11 Å². The van der Waals surface area contributed by atoms with Crippen LogP contribution in [0.15, 0.2) is 77.3 Å². The maximum Gasteiger partial charge on any atom is 0.128 e. The molecule has 0 aliphatic heterocycles. The fourth-order valence-electron chi connectivity index (χ4n) is 5.36. The van der Waals surface area contributed by atoms with Gasteiger partial charge >= 0.3 is 0 Å². The van der Waals surface area contributed by atoms with Crippen molar-refractivity contribution in [2.45, 2.75) is 40.2 Å². The summed E-state index contributed by atoms with van der Waals surface area (Å²) in [5.74, 6) is 0.879. The predicted octanol–water partition coefficient (Wildman–Crippen LogP) is 7.38. The third-order valence-electron chi connectivity index (χ3n) is 7.04. The standard InChI is InChI=1S/C16H17NO2.C15H14BrNO/c1-3-17-13-8-7-11(10-18)9-12(13)16-14(17)5-4-6-15(16)19-2;1-2-17-13-7-6-10(9-18)8-11(13)15-12(16)4-3-5-14(15)17/h4-9,18H,3,10H2,1-2H3;3-8,18H,2,9H2,1H3. The Hall–Kier alpha value is -3.32. The lowest BCUT2D eigenvalue weighted by atomic mass is 10.1. The average Bonchev–Trinajstić information content (AvgIpc) is 3.44. The second-order valence-electron chi connectivity index (χ2n) is 9.00. The van der Waals surface area contributed by atoms with E-state index in [1.165, 1.54) is 32.8 Å². The zero-order valence-electron chi connectivity index (χ0n) is 21.3. The molecule has 6 aromatic rings. The van der Waals surface area contributed by atoms with Crippen LogP contribution in [0.2, 0.25) is 0 Å². The molecule has 0 amide bonds. The van der Waals surface area contributed by atoms with Crippen LogP contribution in [0, 0.1) is 0 Å². The van der Waals surface area contributed by atoms with E-state index in [0.717, 1.165) is 45.2 Å². The molecule has 0 unspecified atom stereocenters. The Balaban J connectivity index is 0.000000152. The van der Waals surface area contributed by atoms with Gasteiger partial charge in [0.05, 0.1) is 31.4 Å². The van der Waals surface area contributed by atoms with Gasteiger partial charge in [-0.3, -0.25) is 0 Å². The molecule has 5 nitrogen and oxygen atoms in total. The van der Waals surface area contributed by atoms with Gasteiger partial charge in [-0.1, -0.05) is 40.2 Å². The van der Waals surface area contributed by atoms with Crippen molar-refractivity contribution >= 4 is 59.5 Å². The van der Waals surface area contributed by atoms with Crippen molar-refractivity contribution < 1.29 is 14.9 Å². The van der Waals surface area contributed by atoms with Gasteiger partial charge in [0.1, 0.15) is 5.75 Å². The van der Waals surface area contributed by atoms with Crippen LogP contribution in [-0.2, 0) is 26.3 Å². The lowest BCUT2D eigenvalue weighted by Crippen LogP contribution is -1.93. The summed E-state index contributed by atoms with van der Waals surface area (Å²) < 4.78 is 11.2. The molecular formula is C31H31BrN2O3. The topological polar surface area (TPSA) is 59.5 Å². The first-order chi connectivity index (χ1) is 18.1. The Kier molecular flexibility index (Phi) is 7.24. The second kappa shape index (κ2) is 10.6. The first-order valence-electron chi connectivity index (χ1n) is 12.5. The Bertz CT molecular complexity index is 1730. The number of halogens is 1. The lowest BCUT2D eigenvalue weighted by Gasteiger charge is -2.04. The van der Waals surface area contributed by atoms with Crippen LogP contribution in [0.1, 0.15) is 25.0 Å². The number of benzene rings is 4. The fourth-order valence-corrected chi connectivity index (χ4v) is 5.93. The molecule has 0 aliphatic carbocycles. The van der Waals surface area contributed by atoms with Gasteiger partial charge in [0.2, 0.25) is 0 Å². The first-order valence-corrected chi connectivity index (χ1v) is 13.3. The molecule has 6 heteroatoms. The van der Waals surface area contributed by atoms with Crippen molar-refractivity contribution in [3.05, 3.63) is 88.4 Å². The number of aliphatic hydroxyl groups is 2. The molecule has 0 bridgehead atoms. The van der Waals surface area contributed by atoms with Gasteiger partial charge in [0.25, 0.3) is 0 Å². The highest BCUT2D eigenvalue weighted by molar-refractivity contribution is 9.10. The molecule has 0 radical (unpaired) electrons. The number of fused-ring (bicyclic) bond motifs is 6. The zero-order chi connectivity index (χ0) is 26.1. The van der Waals surface area contributed by atoms with E-state index in [2.05, 4.69) is 81.4 Å². The van der Waals surface area contributed by atoms with Crippen molar-refractivity contribution in [1.82, 2.24) is 9.13 Å². The fraction of sp³-hybridized carbons (Fsp3) is 0.226. The Morgan fingerprint density at radius 2 is 1.19 bits per heavy atom. The quantitative estimate of drug-likeness (QED) is 0.232. The number of methoxy groups -OCH3 is 1. The van der Waals surface area contributed by atoms with Crippen molar-refractivity contribution in [3.63, 3.8) is 0 Å². The highest BCUT2D eigenvalue weighted by atomic mass is 79.9. The van der Waals surface area contributed by atoms with Crippen LogP contribution in [0.4, 0.5) is 0 Å². The minimum absolute atomic E-state index is 0.0594. The summed E-state index contributed by atoms with van der Waals surface area (Å²) in [6, 6.07) is 24.6. The van der Waals surface area contributed by atoms with Gasteiger partial charge in [-0.25, -0.2) is 0 Å². The molecule has 2 N–H and O–H groups in total. The van der Waals surface area contributed by atoms with Gasteiger partial charge in [-0.15, -0.1) is 0 Å². The normalized spacial score (nSPS) is 11.4. The van der Waals surface area contributed by atoms with E-state index < -0.39 is 0 Å². The molecule has 4 aromatic carbocycles. The number of aryl methyl sites for hydroxylation is 2. The summed E-state index contributed by atoms with van der Waals surface area (Å²) in [5.41, 5.74) is 6.68. The van der Waals surface area contributed by atoms with E-state index >= 15 is 0 Å². The smallest absolute Gasteiger partial charge is 0.128 e. The van der Waals surface area contributed by atoms with Crippen molar-refractivity contribution in [1.29, 1.82) is 0 Å². The van der Waals surface area contributed by atoms with E-state index in [-0.39, 0.29) is 13.2 Å². The third-order valence-corrected chi connectivity index (χ3v) is 7.70. The molecular weight excluding hydrogens is 528 g/mol. The minimum atomic E-state index is 0.0594. The Morgan fingerprint density at radius 1 is 0.676 bits per heavy atom. The maximum atomic E-state index is 9.32. The van der Waals surface area contributed by atoms with Gasteiger partial charge in [0, 0.05) is 50.1 Å². The van der Waals surface area contributed by atoms with Gasteiger partial charge in [-0.05, 0) is 73.5 Å².